The van der Waals surface area contributed by atoms with Crippen LogP contribution in [0, 0.1) is 0 Å². The van der Waals surface area contributed by atoms with Crippen molar-refractivity contribution in [3.05, 3.63) is 89.6 Å². The molecule has 3 aromatic rings. The van der Waals surface area contributed by atoms with Gasteiger partial charge in [-0.2, -0.15) is 0 Å². The molecular weight excluding hydrogens is 340 g/mol. The molecule has 2 aromatic carbocycles. The Hall–Kier alpha value is -3.34. The highest BCUT2D eigenvalue weighted by atomic mass is 16.5. The molecule has 1 amide bonds. The summed E-state index contributed by atoms with van der Waals surface area (Å²) in [6.07, 6.45) is 1.99. The number of nitrogens with zero attached hydrogens (tertiary/aromatic N) is 1. The SMILES string of the molecule is COc1cccc(CC(=O)NCc2ccnc(OCc3ccccc3)c2)c1. The van der Waals surface area contributed by atoms with Crippen molar-refractivity contribution in [3.63, 3.8) is 0 Å². The second kappa shape index (κ2) is 9.38. The summed E-state index contributed by atoms with van der Waals surface area (Å²) in [5, 5.41) is 2.92. The second-order valence-corrected chi connectivity index (χ2v) is 6.08. The third-order valence-electron chi connectivity index (χ3n) is 4.02. The normalized spacial score (nSPS) is 10.3. The first-order chi connectivity index (χ1) is 13.2. The monoisotopic (exact) mass is 362 g/mol. The first kappa shape index (κ1) is 18.5. The fraction of sp³-hybridized carbons (Fsp3) is 0.182. The number of methoxy groups -OCH3 is 1. The van der Waals surface area contributed by atoms with Crippen molar-refractivity contribution in [2.45, 2.75) is 19.6 Å². The largest absolute Gasteiger partial charge is 0.497 e. The molecule has 0 fully saturated rings. The third-order valence-corrected chi connectivity index (χ3v) is 4.02. The van der Waals surface area contributed by atoms with Crippen molar-refractivity contribution in [1.29, 1.82) is 0 Å². The lowest BCUT2D eigenvalue weighted by molar-refractivity contribution is -0.120. The number of benzene rings is 2. The van der Waals surface area contributed by atoms with Gasteiger partial charge < -0.3 is 14.8 Å². The van der Waals surface area contributed by atoms with Crippen LogP contribution in [0.15, 0.2) is 72.9 Å². The summed E-state index contributed by atoms with van der Waals surface area (Å²) in [7, 11) is 1.61. The zero-order chi connectivity index (χ0) is 18.9. The third kappa shape index (κ3) is 5.85. The van der Waals surface area contributed by atoms with Crippen LogP contribution in [-0.4, -0.2) is 18.0 Å². The molecule has 5 nitrogen and oxygen atoms in total. The van der Waals surface area contributed by atoms with Gasteiger partial charge in [0.05, 0.1) is 13.5 Å². The van der Waals surface area contributed by atoms with E-state index in [0.29, 0.717) is 25.5 Å². The Morgan fingerprint density at radius 2 is 1.78 bits per heavy atom. The zero-order valence-electron chi connectivity index (χ0n) is 15.2. The van der Waals surface area contributed by atoms with Gasteiger partial charge in [-0.3, -0.25) is 4.79 Å². The van der Waals surface area contributed by atoms with Crippen molar-refractivity contribution in [3.8, 4) is 11.6 Å². The molecule has 0 atom stereocenters. The summed E-state index contributed by atoms with van der Waals surface area (Å²) in [5.74, 6) is 1.24. The molecule has 0 spiro atoms. The number of nitrogens with one attached hydrogen (secondary N) is 1. The minimum Gasteiger partial charge on any atom is -0.497 e. The van der Waals surface area contributed by atoms with Gasteiger partial charge in [-0.1, -0.05) is 42.5 Å². The molecular formula is C22H22N2O3. The molecule has 0 unspecified atom stereocenters. The van der Waals surface area contributed by atoms with E-state index in [1.807, 2.05) is 66.7 Å². The highest BCUT2D eigenvalue weighted by molar-refractivity contribution is 5.78. The Kier molecular flexibility index (Phi) is 6.41. The standard InChI is InChI=1S/C22H22N2O3/c1-26-20-9-5-8-18(12-20)13-21(25)24-15-19-10-11-23-22(14-19)27-16-17-6-3-2-4-7-17/h2-12,14H,13,15-16H2,1H3,(H,24,25). The van der Waals surface area contributed by atoms with Crippen LogP contribution in [0.2, 0.25) is 0 Å². The molecule has 3 rings (SSSR count). The van der Waals surface area contributed by atoms with E-state index in [4.69, 9.17) is 9.47 Å². The molecule has 138 valence electrons. The minimum atomic E-state index is -0.0492. The molecule has 0 bridgehead atoms. The summed E-state index contributed by atoms with van der Waals surface area (Å²) in [4.78, 5) is 16.4. The Morgan fingerprint density at radius 1 is 0.963 bits per heavy atom. The maximum absolute atomic E-state index is 12.2. The number of rotatable bonds is 8. The molecule has 0 saturated heterocycles. The van der Waals surface area contributed by atoms with Crippen molar-refractivity contribution in [1.82, 2.24) is 10.3 Å². The first-order valence-corrected chi connectivity index (χ1v) is 8.74. The lowest BCUT2D eigenvalue weighted by Gasteiger charge is -2.09. The van der Waals surface area contributed by atoms with Gasteiger partial charge in [0.1, 0.15) is 12.4 Å². The number of pyridine rings is 1. The summed E-state index contributed by atoms with van der Waals surface area (Å²) in [6.45, 7) is 0.881. The zero-order valence-corrected chi connectivity index (χ0v) is 15.2. The van der Waals surface area contributed by atoms with Crippen LogP contribution < -0.4 is 14.8 Å². The second-order valence-electron chi connectivity index (χ2n) is 6.08. The Morgan fingerprint density at radius 3 is 2.59 bits per heavy atom. The van der Waals surface area contributed by atoms with E-state index in [1.165, 1.54) is 0 Å². The van der Waals surface area contributed by atoms with Crippen molar-refractivity contribution < 1.29 is 14.3 Å². The summed E-state index contributed by atoms with van der Waals surface area (Å²) in [5.41, 5.74) is 2.93. The number of ether oxygens (including phenoxy) is 2. The molecule has 0 aliphatic rings. The molecule has 0 saturated carbocycles. The molecule has 0 radical (unpaired) electrons. The van der Waals surface area contributed by atoms with E-state index in [-0.39, 0.29) is 5.91 Å². The minimum absolute atomic E-state index is 0.0492. The van der Waals surface area contributed by atoms with Gasteiger partial charge in [0.2, 0.25) is 11.8 Å². The van der Waals surface area contributed by atoms with E-state index in [9.17, 15) is 4.79 Å². The van der Waals surface area contributed by atoms with E-state index in [1.54, 1.807) is 13.3 Å². The molecule has 5 heteroatoms. The van der Waals surface area contributed by atoms with Gasteiger partial charge in [-0.05, 0) is 34.9 Å². The van der Waals surface area contributed by atoms with Gasteiger partial charge in [0, 0.05) is 18.8 Å². The van der Waals surface area contributed by atoms with Gasteiger partial charge in [0.25, 0.3) is 0 Å². The highest BCUT2D eigenvalue weighted by Crippen LogP contribution is 2.14. The average molecular weight is 362 g/mol. The predicted octanol–water partition coefficient (Wildman–Crippen LogP) is 3.53. The fourth-order valence-corrected chi connectivity index (χ4v) is 2.60. The summed E-state index contributed by atoms with van der Waals surface area (Å²) in [6, 6.07) is 21.1. The van der Waals surface area contributed by atoms with Crippen LogP contribution in [0.4, 0.5) is 0 Å². The van der Waals surface area contributed by atoms with Crippen LogP contribution in [0.25, 0.3) is 0 Å². The number of hydrogen-bond acceptors (Lipinski definition) is 4. The predicted molar refractivity (Wildman–Crippen MR) is 104 cm³/mol. The van der Waals surface area contributed by atoms with Gasteiger partial charge in [-0.15, -0.1) is 0 Å². The quantitative estimate of drug-likeness (QED) is 0.666. The number of carbonyl (C=O) groups is 1. The van der Waals surface area contributed by atoms with Crippen LogP contribution in [0.3, 0.4) is 0 Å². The Balaban J connectivity index is 1.51. The number of amides is 1. The number of carbonyl (C=O) groups excluding carboxylic acids is 1. The lowest BCUT2D eigenvalue weighted by Crippen LogP contribution is -2.24. The molecule has 1 heterocycles. The lowest BCUT2D eigenvalue weighted by atomic mass is 10.1. The molecule has 27 heavy (non-hydrogen) atoms. The summed E-state index contributed by atoms with van der Waals surface area (Å²) >= 11 is 0. The van der Waals surface area contributed by atoms with Gasteiger partial charge in [0.15, 0.2) is 0 Å². The molecule has 1 aromatic heterocycles. The molecule has 1 N–H and O–H groups in total. The van der Waals surface area contributed by atoms with Crippen molar-refractivity contribution in [2.75, 3.05) is 7.11 Å². The fourth-order valence-electron chi connectivity index (χ4n) is 2.60. The first-order valence-electron chi connectivity index (χ1n) is 8.74. The number of aromatic nitrogens is 1. The van der Waals surface area contributed by atoms with Crippen LogP contribution in [0.1, 0.15) is 16.7 Å². The maximum atomic E-state index is 12.2. The molecule has 0 aliphatic carbocycles. The Bertz CT molecular complexity index is 881. The summed E-state index contributed by atoms with van der Waals surface area (Å²) < 4.78 is 10.9. The number of hydrogen-bond donors (Lipinski definition) is 1. The van der Waals surface area contributed by atoms with Crippen molar-refractivity contribution >= 4 is 5.91 Å². The average Bonchev–Trinajstić information content (AvgIpc) is 2.72. The van der Waals surface area contributed by atoms with E-state index in [0.717, 1.165) is 22.4 Å². The maximum Gasteiger partial charge on any atom is 0.224 e. The smallest absolute Gasteiger partial charge is 0.224 e. The topological polar surface area (TPSA) is 60.5 Å². The Labute approximate surface area is 159 Å². The van der Waals surface area contributed by atoms with E-state index < -0.39 is 0 Å². The van der Waals surface area contributed by atoms with Crippen LogP contribution in [-0.2, 0) is 24.4 Å². The van der Waals surface area contributed by atoms with Crippen LogP contribution >= 0.6 is 0 Å². The van der Waals surface area contributed by atoms with Gasteiger partial charge in [-0.25, -0.2) is 4.98 Å². The van der Waals surface area contributed by atoms with Crippen molar-refractivity contribution in [2.24, 2.45) is 0 Å². The van der Waals surface area contributed by atoms with Gasteiger partial charge >= 0.3 is 0 Å². The van der Waals surface area contributed by atoms with E-state index in [2.05, 4.69) is 10.3 Å². The highest BCUT2D eigenvalue weighted by Gasteiger charge is 2.06. The van der Waals surface area contributed by atoms with E-state index >= 15 is 0 Å². The molecule has 0 aliphatic heterocycles. The van der Waals surface area contributed by atoms with Crippen LogP contribution in [0.5, 0.6) is 11.6 Å².